The number of halogens is 1. The Hall–Kier alpha value is -3.14. The van der Waals surface area contributed by atoms with Crippen LogP contribution in [0.3, 0.4) is 0 Å². The molecular weight excluding hydrogens is 339 g/mol. The third kappa shape index (κ3) is 5.96. The first-order valence-corrected chi connectivity index (χ1v) is 8.95. The molecule has 3 nitrogen and oxygen atoms in total. The largest absolute Gasteiger partial charge is 0.376 e. The number of carbonyl (C=O) groups excluding carboxylic acids is 1. The van der Waals surface area contributed by atoms with Crippen LogP contribution in [0.4, 0.5) is 10.1 Å². The zero-order valence-electron chi connectivity index (χ0n) is 15.5. The molecule has 1 aliphatic carbocycles. The van der Waals surface area contributed by atoms with Crippen molar-refractivity contribution < 1.29 is 9.18 Å². The third-order valence-corrected chi connectivity index (χ3v) is 3.94. The molecule has 0 spiro atoms. The molecular formula is C23H25FN2O. The average Bonchev–Trinajstić information content (AvgIpc) is 2.90. The predicted molar refractivity (Wildman–Crippen MR) is 112 cm³/mol. The van der Waals surface area contributed by atoms with Gasteiger partial charge in [0.1, 0.15) is 0 Å². The van der Waals surface area contributed by atoms with Gasteiger partial charge in [0.2, 0.25) is 5.91 Å². The molecule has 0 heterocycles. The Morgan fingerprint density at radius 2 is 1.89 bits per heavy atom. The average molecular weight is 364 g/mol. The SMILES string of the molecule is C=Cc1ccccc1NCC(=O)NC1=CC=CCc2ccccc21.CCF. The normalized spacial score (nSPS) is 11.9. The van der Waals surface area contributed by atoms with Gasteiger partial charge in [-0.25, -0.2) is 0 Å². The van der Waals surface area contributed by atoms with Crippen LogP contribution in [0.25, 0.3) is 11.8 Å². The lowest BCUT2D eigenvalue weighted by Gasteiger charge is -2.14. The van der Waals surface area contributed by atoms with Gasteiger partial charge < -0.3 is 10.6 Å². The van der Waals surface area contributed by atoms with Crippen molar-refractivity contribution in [2.75, 3.05) is 18.5 Å². The highest BCUT2D eigenvalue weighted by Crippen LogP contribution is 2.21. The number of allylic oxidation sites excluding steroid dienone is 3. The van der Waals surface area contributed by atoms with E-state index in [2.05, 4.69) is 29.4 Å². The van der Waals surface area contributed by atoms with Gasteiger partial charge in [-0.1, -0.05) is 67.3 Å². The quantitative estimate of drug-likeness (QED) is 0.785. The van der Waals surface area contributed by atoms with Gasteiger partial charge in [-0.2, -0.15) is 0 Å². The van der Waals surface area contributed by atoms with E-state index in [-0.39, 0.29) is 19.1 Å². The Labute approximate surface area is 160 Å². The number of carbonyl (C=O) groups is 1. The van der Waals surface area contributed by atoms with Crippen molar-refractivity contribution in [1.29, 1.82) is 0 Å². The summed E-state index contributed by atoms with van der Waals surface area (Å²) in [6.45, 7) is 5.20. The zero-order valence-corrected chi connectivity index (χ0v) is 15.5. The van der Waals surface area contributed by atoms with Crippen molar-refractivity contribution in [3.05, 3.63) is 90.0 Å². The summed E-state index contributed by atoms with van der Waals surface area (Å²) < 4.78 is 10.3. The molecule has 0 atom stereocenters. The molecule has 4 heteroatoms. The summed E-state index contributed by atoms with van der Waals surface area (Å²) in [7, 11) is 0. The van der Waals surface area contributed by atoms with Crippen LogP contribution in [-0.4, -0.2) is 19.1 Å². The van der Waals surface area contributed by atoms with Crippen LogP contribution in [0.1, 0.15) is 23.6 Å². The molecule has 0 radical (unpaired) electrons. The molecule has 1 amide bonds. The smallest absolute Gasteiger partial charge is 0.243 e. The highest BCUT2D eigenvalue weighted by Gasteiger charge is 2.11. The Balaban J connectivity index is 0.000000817. The molecule has 1 aliphatic rings. The van der Waals surface area contributed by atoms with E-state index in [4.69, 9.17) is 0 Å². The first kappa shape index (κ1) is 20.2. The van der Waals surface area contributed by atoms with Crippen molar-refractivity contribution in [3.63, 3.8) is 0 Å². The number of nitrogens with one attached hydrogen (secondary N) is 2. The first-order valence-electron chi connectivity index (χ1n) is 8.95. The summed E-state index contributed by atoms with van der Waals surface area (Å²) >= 11 is 0. The maximum absolute atomic E-state index is 12.3. The molecule has 3 rings (SSSR count). The van der Waals surface area contributed by atoms with Gasteiger partial charge in [0.05, 0.1) is 13.2 Å². The monoisotopic (exact) mass is 364 g/mol. The minimum absolute atomic E-state index is 0.0785. The van der Waals surface area contributed by atoms with E-state index >= 15 is 0 Å². The molecule has 2 N–H and O–H groups in total. The van der Waals surface area contributed by atoms with Gasteiger partial charge in [-0.3, -0.25) is 9.18 Å². The van der Waals surface area contributed by atoms with Gasteiger partial charge in [-0.05, 0) is 36.6 Å². The Bertz CT molecular complexity index is 840. The molecule has 2 aromatic rings. The third-order valence-electron chi connectivity index (χ3n) is 3.94. The van der Waals surface area contributed by atoms with E-state index < -0.39 is 0 Å². The van der Waals surface area contributed by atoms with Crippen LogP contribution in [-0.2, 0) is 11.2 Å². The number of benzene rings is 2. The van der Waals surface area contributed by atoms with Gasteiger partial charge in [0.25, 0.3) is 0 Å². The van der Waals surface area contributed by atoms with Crippen LogP contribution in [0, 0.1) is 0 Å². The Kier molecular flexibility index (Phi) is 8.04. The van der Waals surface area contributed by atoms with Crippen molar-refractivity contribution in [2.45, 2.75) is 13.3 Å². The second-order valence-electron chi connectivity index (χ2n) is 5.83. The van der Waals surface area contributed by atoms with E-state index in [1.54, 1.807) is 6.08 Å². The summed E-state index contributed by atoms with van der Waals surface area (Å²) in [5, 5.41) is 6.17. The fraction of sp³-hybridized carbons (Fsp3) is 0.174. The minimum atomic E-state index is -0.250. The van der Waals surface area contributed by atoms with Gasteiger partial charge in [0.15, 0.2) is 0 Å². The second kappa shape index (κ2) is 10.8. The molecule has 0 saturated carbocycles. The number of hydrogen-bond acceptors (Lipinski definition) is 2. The highest BCUT2D eigenvalue weighted by atomic mass is 19.1. The zero-order chi connectivity index (χ0) is 19.5. The Morgan fingerprint density at radius 3 is 2.67 bits per heavy atom. The molecule has 0 bridgehead atoms. The molecule has 2 aromatic carbocycles. The van der Waals surface area contributed by atoms with Gasteiger partial charge >= 0.3 is 0 Å². The first-order chi connectivity index (χ1) is 13.2. The van der Waals surface area contributed by atoms with Crippen LogP contribution < -0.4 is 10.6 Å². The number of anilines is 1. The lowest BCUT2D eigenvalue weighted by Crippen LogP contribution is -2.29. The van der Waals surface area contributed by atoms with Crippen molar-refractivity contribution in [1.82, 2.24) is 5.32 Å². The number of fused-ring (bicyclic) bond motifs is 1. The van der Waals surface area contributed by atoms with E-state index in [0.29, 0.717) is 0 Å². The van der Waals surface area contributed by atoms with Crippen LogP contribution >= 0.6 is 0 Å². The number of rotatable bonds is 5. The molecule has 0 unspecified atom stereocenters. The maximum atomic E-state index is 12.3. The second-order valence-corrected chi connectivity index (χ2v) is 5.83. The van der Waals surface area contributed by atoms with E-state index in [9.17, 15) is 9.18 Å². The number of hydrogen-bond donors (Lipinski definition) is 2. The fourth-order valence-electron chi connectivity index (χ4n) is 2.73. The van der Waals surface area contributed by atoms with Crippen LogP contribution in [0.2, 0.25) is 0 Å². The van der Waals surface area contributed by atoms with Gasteiger partial charge in [0, 0.05) is 16.9 Å². The number of amides is 1. The van der Waals surface area contributed by atoms with E-state index in [0.717, 1.165) is 28.9 Å². The van der Waals surface area contributed by atoms with E-state index in [1.807, 2.05) is 54.6 Å². The topological polar surface area (TPSA) is 41.1 Å². The Morgan fingerprint density at radius 1 is 1.19 bits per heavy atom. The summed E-state index contributed by atoms with van der Waals surface area (Å²) in [5.74, 6) is -0.0785. The number of alkyl halides is 1. The predicted octanol–water partition coefficient (Wildman–Crippen LogP) is 4.99. The molecule has 0 aromatic heterocycles. The lowest BCUT2D eigenvalue weighted by atomic mass is 10.0. The molecule has 0 saturated heterocycles. The lowest BCUT2D eigenvalue weighted by molar-refractivity contribution is -0.118. The minimum Gasteiger partial charge on any atom is -0.376 e. The molecule has 27 heavy (non-hydrogen) atoms. The van der Waals surface area contributed by atoms with Crippen molar-refractivity contribution >= 4 is 23.4 Å². The highest BCUT2D eigenvalue weighted by molar-refractivity contribution is 5.90. The summed E-state index contributed by atoms with van der Waals surface area (Å²) in [6.07, 6.45) is 8.67. The standard InChI is InChI=1S/C21H20N2O.C2H5F/c1-2-16-9-4-7-13-19(16)22-15-21(24)23-20-14-8-5-11-17-10-3-6-12-18(17)20;1-2-3/h2-10,12-14,22H,1,11,15H2,(H,23,24);2H2,1H3. The van der Waals surface area contributed by atoms with Crippen LogP contribution in [0.5, 0.6) is 0 Å². The summed E-state index contributed by atoms with van der Waals surface area (Å²) in [4.78, 5) is 12.3. The van der Waals surface area contributed by atoms with Crippen LogP contribution in [0.15, 0.2) is 73.3 Å². The summed E-state index contributed by atoms with van der Waals surface area (Å²) in [5.41, 5.74) is 5.00. The molecule has 0 fully saturated rings. The van der Waals surface area contributed by atoms with Crippen molar-refractivity contribution in [3.8, 4) is 0 Å². The molecule has 140 valence electrons. The fourth-order valence-corrected chi connectivity index (χ4v) is 2.73. The molecule has 0 aliphatic heterocycles. The maximum Gasteiger partial charge on any atom is 0.243 e. The number of para-hydroxylation sites is 1. The summed E-state index contributed by atoms with van der Waals surface area (Å²) in [6, 6.07) is 15.9. The van der Waals surface area contributed by atoms with E-state index in [1.165, 1.54) is 12.5 Å². The van der Waals surface area contributed by atoms with Crippen molar-refractivity contribution in [2.24, 2.45) is 0 Å². The van der Waals surface area contributed by atoms with Gasteiger partial charge in [-0.15, -0.1) is 0 Å².